The number of thioether (sulfide) groups is 1. The van der Waals surface area contributed by atoms with E-state index in [4.69, 9.17) is 10.5 Å². The molecule has 2 atom stereocenters. The van der Waals surface area contributed by atoms with Crippen LogP contribution in [0.25, 0.3) is 11.3 Å². The molecule has 0 aliphatic rings. The number of hydrogen-bond donors (Lipinski definition) is 2. The lowest BCUT2D eigenvalue weighted by Crippen LogP contribution is -2.26. The number of ether oxygens (including phenoxy) is 1. The SMILES string of the molecule is COc1ncccc1-c1cnc(C(Nc2ncc(SC)cn2)C(C)CN)cn1. The highest BCUT2D eigenvalue weighted by Gasteiger charge is 2.21. The Hall–Kier alpha value is -2.78. The fourth-order valence-corrected chi connectivity index (χ4v) is 2.98. The number of methoxy groups -OCH3 is 1. The van der Waals surface area contributed by atoms with Gasteiger partial charge in [0.2, 0.25) is 11.8 Å². The Morgan fingerprint density at radius 3 is 2.50 bits per heavy atom. The molecule has 3 heterocycles. The number of nitrogens with one attached hydrogen (secondary N) is 1. The van der Waals surface area contributed by atoms with Gasteiger partial charge < -0.3 is 15.8 Å². The second-order valence-electron chi connectivity index (χ2n) is 6.17. The number of anilines is 1. The molecule has 0 radical (unpaired) electrons. The summed E-state index contributed by atoms with van der Waals surface area (Å²) in [4.78, 5) is 23.1. The zero-order valence-corrected chi connectivity index (χ0v) is 16.8. The molecule has 146 valence electrons. The third-order valence-corrected chi connectivity index (χ3v) is 5.00. The first-order valence-corrected chi connectivity index (χ1v) is 10.0. The average Bonchev–Trinajstić information content (AvgIpc) is 2.77. The molecule has 0 spiro atoms. The summed E-state index contributed by atoms with van der Waals surface area (Å²) < 4.78 is 5.30. The summed E-state index contributed by atoms with van der Waals surface area (Å²) in [6.45, 7) is 2.54. The molecule has 9 heteroatoms. The van der Waals surface area contributed by atoms with Crippen LogP contribution in [0.4, 0.5) is 5.95 Å². The first-order valence-electron chi connectivity index (χ1n) is 8.80. The van der Waals surface area contributed by atoms with Gasteiger partial charge in [-0.3, -0.25) is 9.97 Å². The van der Waals surface area contributed by atoms with Gasteiger partial charge in [0.15, 0.2) is 0 Å². The van der Waals surface area contributed by atoms with Crippen LogP contribution in [0.15, 0.2) is 48.0 Å². The summed E-state index contributed by atoms with van der Waals surface area (Å²) in [5.74, 6) is 1.15. The molecule has 3 aromatic rings. The number of aromatic nitrogens is 5. The van der Waals surface area contributed by atoms with Crippen LogP contribution in [0, 0.1) is 5.92 Å². The van der Waals surface area contributed by atoms with E-state index in [0.29, 0.717) is 24.1 Å². The molecule has 0 bridgehead atoms. The van der Waals surface area contributed by atoms with Crippen molar-refractivity contribution in [3.8, 4) is 17.1 Å². The first kappa shape index (κ1) is 20.0. The maximum absolute atomic E-state index is 5.91. The lowest BCUT2D eigenvalue weighted by Gasteiger charge is -2.23. The zero-order valence-electron chi connectivity index (χ0n) is 16.0. The summed E-state index contributed by atoms with van der Waals surface area (Å²) in [6, 6.07) is 3.57. The highest BCUT2D eigenvalue weighted by molar-refractivity contribution is 7.98. The van der Waals surface area contributed by atoms with Gasteiger partial charge in [-0.2, -0.15) is 0 Å². The monoisotopic (exact) mass is 397 g/mol. The topological polar surface area (TPSA) is 112 Å². The van der Waals surface area contributed by atoms with E-state index in [1.165, 1.54) is 0 Å². The predicted octanol–water partition coefficient (Wildman–Crippen LogP) is 2.81. The molecule has 0 aliphatic heterocycles. The molecule has 0 saturated carbocycles. The second-order valence-corrected chi connectivity index (χ2v) is 7.05. The van der Waals surface area contributed by atoms with E-state index < -0.39 is 0 Å². The van der Waals surface area contributed by atoms with Crippen molar-refractivity contribution in [2.75, 3.05) is 25.2 Å². The number of pyridine rings is 1. The lowest BCUT2D eigenvalue weighted by atomic mass is 9.99. The van der Waals surface area contributed by atoms with E-state index in [1.54, 1.807) is 49.9 Å². The van der Waals surface area contributed by atoms with Crippen molar-refractivity contribution in [1.29, 1.82) is 0 Å². The molecular weight excluding hydrogens is 374 g/mol. The molecule has 3 rings (SSSR count). The van der Waals surface area contributed by atoms with E-state index in [-0.39, 0.29) is 12.0 Å². The van der Waals surface area contributed by atoms with Gasteiger partial charge in [0, 0.05) is 23.5 Å². The van der Waals surface area contributed by atoms with Crippen LogP contribution >= 0.6 is 11.8 Å². The Kier molecular flexibility index (Phi) is 6.72. The van der Waals surface area contributed by atoms with E-state index in [9.17, 15) is 0 Å². The quantitative estimate of drug-likeness (QED) is 0.554. The van der Waals surface area contributed by atoms with Gasteiger partial charge in [-0.1, -0.05) is 6.92 Å². The molecule has 2 unspecified atom stereocenters. The van der Waals surface area contributed by atoms with Crippen molar-refractivity contribution in [1.82, 2.24) is 24.9 Å². The summed E-state index contributed by atoms with van der Waals surface area (Å²) >= 11 is 1.60. The Morgan fingerprint density at radius 1 is 1.11 bits per heavy atom. The Balaban J connectivity index is 1.86. The van der Waals surface area contributed by atoms with Crippen LogP contribution in [-0.4, -0.2) is 44.8 Å². The van der Waals surface area contributed by atoms with Crippen molar-refractivity contribution >= 4 is 17.7 Å². The Labute approximate surface area is 168 Å². The largest absolute Gasteiger partial charge is 0.481 e. The lowest BCUT2D eigenvalue weighted by molar-refractivity contribution is 0.399. The predicted molar refractivity (Wildman–Crippen MR) is 110 cm³/mol. The first-order chi connectivity index (χ1) is 13.7. The second kappa shape index (κ2) is 9.43. The Morgan fingerprint density at radius 2 is 1.89 bits per heavy atom. The van der Waals surface area contributed by atoms with Gasteiger partial charge in [0.05, 0.1) is 42.5 Å². The number of nitrogens with zero attached hydrogens (tertiary/aromatic N) is 5. The average molecular weight is 398 g/mol. The van der Waals surface area contributed by atoms with Gasteiger partial charge in [0.1, 0.15) is 0 Å². The number of hydrogen-bond acceptors (Lipinski definition) is 9. The minimum Gasteiger partial charge on any atom is -0.481 e. The zero-order chi connectivity index (χ0) is 19.9. The third kappa shape index (κ3) is 4.55. The minimum atomic E-state index is -0.164. The molecule has 8 nitrogen and oxygen atoms in total. The van der Waals surface area contributed by atoms with Crippen LogP contribution in [0.3, 0.4) is 0 Å². The molecule has 28 heavy (non-hydrogen) atoms. The third-order valence-electron chi connectivity index (χ3n) is 4.32. The van der Waals surface area contributed by atoms with Crippen molar-refractivity contribution in [2.24, 2.45) is 11.7 Å². The molecule has 3 N–H and O–H groups in total. The molecule has 0 saturated heterocycles. The van der Waals surface area contributed by atoms with E-state index in [2.05, 4.69) is 30.2 Å². The maximum Gasteiger partial charge on any atom is 0.223 e. The van der Waals surface area contributed by atoms with Gasteiger partial charge in [0.25, 0.3) is 0 Å². The summed E-state index contributed by atoms with van der Waals surface area (Å²) in [5.41, 5.74) is 8.15. The highest BCUT2D eigenvalue weighted by Crippen LogP contribution is 2.28. The molecule has 0 aromatic carbocycles. The smallest absolute Gasteiger partial charge is 0.223 e. The van der Waals surface area contributed by atoms with Crippen molar-refractivity contribution < 1.29 is 4.74 Å². The number of rotatable bonds is 8. The van der Waals surface area contributed by atoms with Crippen LogP contribution < -0.4 is 15.8 Å². The molecule has 0 aliphatic carbocycles. The van der Waals surface area contributed by atoms with Crippen LogP contribution in [0.5, 0.6) is 5.88 Å². The number of nitrogens with two attached hydrogens (primary N) is 1. The van der Waals surface area contributed by atoms with Crippen LogP contribution in [0.2, 0.25) is 0 Å². The van der Waals surface area contributed by atoms with E-state index >= 15 is 0 Å². The molecule has 0 fully saturated rings. The summed E-state index contributed by atoms with van der Waals surface area (Å²) in [7, 11) is 1.58. The van der Waals surface area contributed by atoms with Crippen molar-refractivity contribution in [3.05, 3.63) is 48.8 Å². The molecule has 0 amide bonds. The van der Waals surface area contributed by atoms with Crippen LogP contribution in [-0.2, 0) is 0 Å². The molecule has 3 aromatic heterocycles. The fraction of sp³-hybridized carbons (Fsp3) is 0.316. The fourth-order valence-electron chi connectivity index (χ4n) is 2.67. The van der Waals surface area contributed by atoms with E-state index in [0.717, 1.165) is 16.2 Å². The van der Waals surface area contributed by atoms with Gasteiger partial charge in [-0.25, -0.2) is 15.0 Å². The minimum absolute atomic E-state index is 0.108. The summed E-state index contributed by atoms with van der Waals surface area (Å²) in [5, 5.41) is 3.33. The van der Waals surface area contributed by atoms with Crippen LogP contribution in [0.1, 0.15) is 18.7 Å². The standard InChI is InChI=1S/C19H23N7OS/c1-12(7-20)17(26-19-24-8-13(28-3)9-25-19)16-11-22-15(10-23-16)14-5-4-6-21-18(14)27-2/h4-6,8-12,17H,7,20H2,1-3H3,(H,24,25,26). The van der Waals surface area contributed by atoms with Gasteiger partial charge in [-0.15, -0.1) is 11.8 Å². The van der Waals surface area contributed by atoms with E-state index in [1.807, 2.05) is 25.3 Å². The van der Waals surface area contributed by atoms with Crippen molar-refractivity contribution in [3.63, 3.8) is 0 Å². The highest BCUT2D eigenvalue weighted by atomic mass is 32.2. The maximum atomic E-state index is 5.91. The normalized spacial score (nSPS) is 13.0. The van der Waals surface area contributed by atoms with Gasteiger partial charge in [-0.05, 0) is 30.9 Å². The molecular formula is C19H23N7OS. The Bertz CT molecular complexity index is 890. The van der Waals surface area contributed by atoms with Crippen molar-refractivity contribution in [2.45, 2.75) is 17.9 Å². The van der Waals surface area contributed by atoms with Gasteiger partial charge >= 0.3 is 0 Å². The summed E-state index contributed by atoms with van der Waals surface area (Å²) in [6.07, 6.45) is 10.7.